The van der Waals surface area contributed by atoms with E-state index in [-0.39, 0.29) is 11.8 Å². The number of ether oxygens (including phenoxy) is 1. The van der Waals surface area contributed by atoms with Gasteiger partial charge in [-0.2, -0.15) is 0 Å². The molecular formula is C21H28ClN5O2. The van der Waals surface area contributed by atoms with E-state index in [0.717, 1.165) is 27.9 Å². The molecule has 0 aliphatic carbocycles. The van der Waals surface area contributed by atoms with Crippen LogP contribution in [0, 0.1) is 0 Å². The van der Waals surface area contributed by atoms with E-state index >= 15 is 0 Å². The summed E-state index contributed by atoms with van der Waals surface area (Å²) in [6.07, 6.45) is 0.471. The number of aromatic nitrogens is 2. The van der Waals surface area contributed by atoms with Gasteiger partial charge in [-0.25, -0.2) is 9.97 Å². The van der Waals surface area contributed by atoms with Gasteiger partial charge in [-0.05, 0) is 18.7 Å². The van der Waals surface area contributed by atoms with Crippen LogP contribution in [0.2, 0.25) is 5.02 Å². The fourth-order valence-corrected chi connectivity index (χ4v) is 3.72. The number of anilines is 1. The highest BCUT2D eigenvalue weighted by atomic mass is 35.5. The Balaban J connectivity index is 1.72. The molecule has 29 heavy (non-hydrogen) atoms. The summed E-state index contributed by atoms with van der Waals surface area (Å²) in [4.78, 5) is 25.7. The van der Waals surface area contributed by atoms with Crippen LogP contribution in [0.15, 0.2) is 30.3 Å². The topological polar surface area (TPSA) is 70.6 Å². The second-order valence-electron chi connectivity index (χ2n) is 7.34. The number of rotatable bonds is 9. The van der Waals surface area contributed by atoms with Crippen LogP contribution in [0.4, 0.5) is 5.82 Å². The van der Waals surface area contributed by atoms with E-state index in [1.807, 2.05) is 49.3 Å². The predicted molar refractivity (Wildman–Crippen MR) is 114 cm³/mol. The molecule has 1 fully saturated rings. The van der Waals surface area contributed by atoms with Crippen molar-refractivity contribution in [2.75, 3.05) is 46.2 Å². The van der Waals surface area contributed by atoms with Crippen molar-refractivity contribution in [1.29, 1.82) is 0 Å². The van der Waals surface area contributed by atoms with Crippen molar-refractivity contribution in [3.8, 4) is 0 Å². The number of hydrogen-bond donors (Lipinski definition) is 1. The van der Waals surface area contributed by atoms with Gasteiger partial charge in [0.05, 0.1) is 18.8 Å². The van der Waals surface area contributed by atoms with E-state index in [4.69, 9.17) is 21.3 Å². The van der Waals surface area contributed by atoms with Crippen LogP contribution in [0.5, 0.6) is 0 Å². The first-order chi connectivity index (χ1) is 14.0. The number of halogens is 1. The van der Waals surface area contributed by atoms with Crippen molar-refractivity contribution in [3.63, 3.8) is 0 Å². The lowest BCUT2D eigenvalue weighted by Crippen LogP contribution is -2.28. The summed E-state index contributed by atoms with van der Waals surface area (Å²) in [6, 6.07) is 9.77. The molecule has 156 valence electrons. The molecule has 1 unspecified atom stereocenters. The van der Waals surface area contributed by atoms with E-state index in [9.17, 15) is 4.79 Å². The number of methoxy groups -OCH3 is 1. The Morgan fingerprint density at radius 1 is 1.31 bits per heavy atom. The van der Waals surface area contributed by atoms with Gasteiger partial charge in [-0.3, -0.25) is 9.69 Å². The van der Waals surface area contributed by atoms with Gasteiger partial charge in [0.1, 0.15) is 11.6 Å². The summed E-state index contributed by atoms with van der Waals surface area (Å²) in [7, 11) is 5.51. The zero-order valence-electron chi connectivity index (χ0n) is 17.2. The average molecular weight is 418 g/mol. The quantitative estimate of drug-likeness (QED) is 0.676. The molecule has 8 heteroatoms. The highest BCUT2D eigenvalue weighted by Crippen LogP contribution is 2.28. The van der Waals surface area contributed by atoms with Crippen LogP contribution in [0.1, 0.15) is 29.4 Å². The average Bonchev–Trinajstić information content (AvgIpc) is 3.08. The number of hydrogen-bond acceptors (Lipinski definition) is 6. The first-order valence-electron chi connectivity index (χ1n) is 9.74. The van der Waals surface area contributed by atoms with Crippen molar-refractivity contribution in [2.24, 2.45) is 0 Å². The smallest absolute Gasteiger partial charge is 0.223 e. The van der Waals surface area contributed by atoms with E-state index in [1.54, 1.807) is 7.11 Å². The van der Waals surface area contributed by atoms with Crippen molar-refractivity contribution < 1.29 is 9.53 Å². The van der Waals surface area contributed by atoms with Crippen molar-refractivity contribution in [1.82, 2.24) is 19.8 Å². The van der Waals surface area contributed by atoms with E-state index in [2.05, 4.69) is 15.2 Å². The fourth-order valence-electron chi connectivity index (χ4n) is 3.53. The number of likely N-dealkylation sites (tertiary alicyclic amines) is 1. The van der Waals surface area contributed by atoms with E-state index < -0.39 is 0 Å². The SMILES string of the molecule is CNc1cc(C2CC(=O)N(CCOC)C2)nc(CN(C)Cc2ccccc2Cl)n1. The molecule has 0 saturated carbocycles. The molecule has 3 rings (SSSR count). The molecule has 1 amide bonds. The zero-order chi connectivity index (χ0) is 20.8. The Bertz CT molecular complexity index is 848. The van der Waals surface area contributed by atoms with Crippen LogP contribution < -0.4 is 5.32 Å². The summed E-state index contributed by atoms with van der Waals surface area (Å²) < 4.78 is 5.11. The van der Waals surface area contributed by atoms with Crippen molar-refractivity contribution in [2.45, 2.75) is 25.4 Å². The molecule has 1 aliphatic heterocycles. The monoisotopic (exact) mass is 417 g/mol. The maximum absolute atomic E-state index is 12.3. The summed E-state index contributed by atoms with van der Waals surface area (Å²) in [5.41, 5.74) is 1.97. The van der Waals surface area contributed by atoms with Crippen molar-refractivity contribution in [3.05, 3.63) is 52.4 Å². The maximum Gasteiger partial charge on any atom is 0.223 e. The summed E-state index contributed by atoms with van der Waals surface area (Å²) in [6.45, 7) is 3.11. The molecule has 1 saturated heterocycles. The zero-order valence-corrected chi connectivity index (χ0v) is 17.9. The van der Waals surface area contributed by atoms with Crippen LogP contribution in [0.25, 0.3) is 0 Å². The number of nitrogens with one attached hydrogen (secondary N) is 1. The Morgan fingerprint density at radius 2 is 2.10 bits per heavy atom. The molecule has 1 N–H and O–H groups in total. The summed E-state index contributed by atoms with van der Waals surface area (Å²) in [5.74, 6) is 1.71. The first kappa shape index (κ1) is 21.5. The van der Waals surface area contributed by atoms with Gasteiger partial charge in [0, 0.05) is 57.2 Å². The van der Waals surface area contributed by atoms with Crippen LogP contribution >= 0.6 is 11.6 Å². The second-order valence-corrected chi connectivity index (χ2v) is 7.75. The molecular weight excluding hydrogens is 390 g/mol. The van der Waals surface area contributed by atoms with E-state index in [0.29, 0.717) is 39.2 Å². The molecule has 1 atom stereocenters. The number of amides is 1. The van der Waals surface area contributed by atoms with Gasteiger partial charge in [-0.15, -0.1) is 0 Å². The normalized spacial score (nSPS) is 16.7. The minimum atomic E-state index is 0.0714. The Hall–Kier alpha value is -2.22. The highest BCUT2D eigenvalue weighted by molar-refractivity contribution is 6.31. The third kappa shape index (κ3) is 5.65. The highest BCUT2D eigenvalue weighted by Gasteiger charge is 2.31. The maximum atomic E-state index is 12.3. The van der Waals surface area contributed by atoms with Gasteiger partial charge in [0.15, 0.2) is 0 Å². The number of benzene rings is 1. The van der Waals surface area contributed by atoms with Gasteiger partial charge in [0.25, 0.3) is 0 Å². The van der Waals surface area contributed by atoms with Gasteiger partial charge < -0.3 is 15.0 Å². The lowest BCUT2D eigenvalue weighted by molar-refractivity contribution is -0.128. The van der Waals surface area contributed by atoms with Gasteiger partial charge in [0.2, 0.25) is 5.91 Å². The third-order valence-corrected chi connectivity index (χ3v) is 5.42. The predicted octanol–water partition coefficient (Wildman–Crippen LogP) is 2.77. The lowest BCUT2D eigenvalue weighted by atomic mass is 10.0. The number of carbonyl (C=O) groups excluding carboxylic acids is 1. The summed E-state index contributed by atoms with van der Waals surface area (Å²) >= 11 is 6.28. The second kappa shape index (κ2) is 10.0. The number of carbonyl (C=O) groups is 1. The van der Waals surface area contributed by atoms with Gasteiger partial charge in [-0.1, -0.05) is 29.8 Å². The minimum Gasteiger partial charge on any atom is -0.383 e. The number of nitrogens with zero attached hydrogens (tertiary/aromatic N) is 4. The molecule has 7 nitrogen and oxygen atoms in total. The molecule has 1 aliphatic rings. The van der Waals surface area contributed by atoms with Crippen LogP contribution in [0.3, 0.4) is 0 Å². The Morgan fingerprint density at radius 3 is 2.83 bits per heavy atom. The van der Waals surface area contributed by atoms with Crippen molar-refractivity contribution >= 4 is 23.3 Å². The molecule has 1 aromatic heterocycles. The summed E-state index contributed by atoms with van der Waals surface area (Å²) in [5, 5.41) is 3.87. The van der Waals surface area contributed by atoms with E-state index in [1.165, 1.54) is 0 Å². The molecule has 1 aromatic carbocycles. The molecule has 2 aromatic rings. The third-order valence-electron chi connectivity index (χ3n) is 5.06. The Kier molecular flexibility index (Phi) is 7.41. The molecule has 0 bridgehead atoms. The largest absolute Gasteiger partial charge is 0.383 e. The Labute approximate surface area is 177 Å². The fraction of sp³-hybridized carbons (Fsp3) is 0.476. The van der Waals surface area contributed by atoms with Gasteiger partial charge >= 0.3 is 0 Å². The molecule has 0 spiro atoms. The molecule has 2 heterocycles. The first-order valence-corrected chi connectivity index (χ1v) is 10.1. The van der Waals surface area contributed by atoms with Crippen LogP contribution in [-0.2, 0) is 22.6 Å². The lowest BCUT2D eigenvalue weighted by Gasteiger charge is -2.19. The van der Waals surface area contributed by atoms with Crippen LogP contribution in [-0.4, -0.2) is 66.6 Å². The molecule has 0 radical (unpaired) electrons. The standard InChI is InChI=1S/C21H28ClN5O2/c1-23-19-11-18(16-10-21(28)27(13-16)8-9-29-3)24-20(25-19)14-26(2)12-15-6-4-5-7-17(15)22/h4-7,11,16H,8-10,12-14H2,1-3H3,(H,23,24,25). The minimum absolute atomic E-state index is 0.0714.